The van der Waals surface area contributed by atoms with E-state index < -0.39 is 5.91 Å². The van der Waals surface area contributed by atoms with Crippen molar-refractivity contribution in [3.8, 4) is 0 Å². The zero-order valence-corrected chi connectivity index (χ0v) is 5.57. The maximum atomic E-state index is 10.6. The molecule has 0 saturated carbocycles. The van der Waals surface area contributed by atoms with Crippen LogP contribution < -0.4 is 5.73 Å². The van der Waals surface area contributed by atoms with E-state index in [0.717, 1.165) is 0 Å². The van der Waals surface area contributed by atoms with Crippen molar-refractivity contribution in [3.63, 3.8) is 0 Å². The SMILES string of the molecule is NC(=O)c1ncccc1[C]=O. The van der Waals surface area contributed by atoms with Gasteiger partial charge in [0.25, 0.3) is 5.91 Å². The topological polar surface area (TPSA) is 73.1 Å². The van der Waals surface area contributed by atoms with Crippen LogP contribution >= 0.6 is 0 Å². The molecule has 0 aromatic carbocycles. The second kappa shape index (κ2) is 2.92. The number of aromatic nitrogens is 1. The lowest BCUT2D eigenvalue weighted by atomic mass is 10.2. The van der Waals surface area contributed by atoms with Gasteiger partial charge in [0.15, 0.2) is 0 Å². The van der Waals surface area contributed by atoms with E-state index in [1.807, 2.05) is 0 Å². The van der Waals surface area contributed by atoms with Crippen LogP contribution in [0.2, 0.25) is 0 Å². The highest BCUT2D eigenvalue weighted by Gasteiger charge is 2.07. The summed E-state index contributed by atoms with van der Waals surface area (Å²) in [4.78, 5) is 24.3. The van der Waals surface area contributed by atoms with Gasteiger partial charge < -0.3 is 5.73 Å². The Labute approximate surface area is 63.0 Å². The molecule has 11 heavy (non-hydrogen) atoms. The number of carbonyl (C=O) groups is 1. The minimum Gasteiger partial charge on any atom is -0.364 e. The fraction of sp³-hybridized carbons (Fsp3) is 0. The summed E-state index contributed by atoms with van der Waals surface area (Å²) < 4.78 is 0. The Bertz CT molecular complexity index is 296. The summed E-state index contributed by atoms with van der Waals surface area (Å²) in [5.41, 5.74) is 4.97. The van der Waals surface area contributed by atoms with Gasteiger partial charge in [-0.1, -0.05) is 0 Å². The third-order valence-corrected chi connectivity index (χ3v) is 1.15. The van der Waals surface area contributed by atoms with Gasteiger partial charge in [-0.25, -0.2) is 0 Å². The Balaban J connectivity index is 3.22. The first kappa shape index (κ1) is 7.40. The van der Waals surface area contributed by atoms with E-state index in [0.29, 0.717) is 0 Å². The molecule has 0 aliphatic heterocycles. The van der Waals surface area contributed by atoms with Gasteiger partial charge in [0, 0.05) is 6.20 Å². The van der Waals surface area contributed by atoms with Crippen LogP contribution in [-0.2, 0) is 4.79 Å². The quantitative estimate of drug-likeness (QED) is 0.623. The third kappa shape index (κ3) is 1.40. The van der Waals surface area contributed by atoms with Crippen LogP contribution in [0.1, 0.15) is 16.1 Å². The van der Waals surface area contributed by atoms with Crippen LogP contribution in [0, 0.1) is 0 Å². The van der Waals surface area contributed by atoms with Crippen molar-refractivity contribution in [2.45, 2.75) is 0 Å². The zero-order chi connectivity index (χ0) is 8.27. The summed E-state index contributed by atoms with van der Waals surface area (Å²) in [5, 5.41) is 0. The van der Waals surface area contributed by atoms with Crippen molar-refractivity contribution in [3.05, 3.63) is 29.6 Å². The van der Waals surface area contributed by atoms with E-state index >= 15 is 0 Å². The van der Waals surface area contributed by atoms with Gasteiger partial charge in [0.1, 0.15) is 5.69 Å². The molecule has 1 heterocycles. The fourth-order valence-electron chi connectivity index (χ4n) is 0.684. The average molecular weight is 149 g/mol. The minimum atomic E-state index is -0.719. The Morgan fingerprint density at radius 3 is 2.82 bits per heavy atom. The Morgan fingerprint density at radius 2 is 2.36 bits per heavy atom. The molecule has 1 aromatic heterocycles. The number of pyridine rings is 1. The lowest BCUT2D eigenvalue weighted by Gasteiger charge is -1.94. The average Bonchev–Trinajstić information content (AvgIpc) is 2.04. The summed E-state index contributed by atoms with van der Waals surface area (Å²) in [5.74, 6) is -0.719. The predicted octanol–water partition coefficient (Wildman–Crippen LogP) is -0.362. The molecule has 4 heteroatoms. The number of hydrogen-bond donors (Lipinski definition) is 1. The van der Waals surface area contributed by atoms with E-state index in [4.69, 9.17) is 5.73 Å². The van der Waals surface area contributed by atoms with E-state index in [2.05, 4.69) is 4.98 Å². The van der Waals surface area contributed by atoms with Crippen LogP contribution in [0.4, 0.5) is 0 Å². The van der Waals surface area contributed by atoms with Crippen LogP contribution in [0.3, 0.4) is 0 Å². The first-order valence-electron chi connectivity index (χ1n) is 2.88. The highest BCUT2D eigenvalue weighted by Crippen LogP contribution is 1.99. The molecule has 0 aliphatic carbocycles. The molecule has 0 aliphatic rings. The molecule has 1 radical (unpaired) electrons. The number of rotatable bonds is 2. The molecular weight excluding hydrogens is 144 g/mol. The van der Waals surface area contributed by atoms with Gasteiger partial charge in [-0.3, -0.25) is 14.6 Å². The number of hydrogen-bond acceptors (Lipinski definition) is 3. The number of nitrogens with two attached hydrogens (primary N) is 1. The van der Waals surface area contributed by atoms with Gasteiger partial charge in [-0.15, -0.1) is 0 Å². The molecule has 4 nitrogen and oxygen atoms in total. The van der Waals surface area contributed by atoms with Gasteiger partial charge in [-0.2, -0.15) is 0 Å². The number of primary amides is 1. The maximum absolute atomic E-state index is 10.6. The summed E-state index contributed by atoms with van der Waals surface area (Å²) in [7, 11) is 0. The minimum absolute atomic E-state index is 0.0394. The molecule has 0 spiro atoms. The number of amides is 1. The Kier molecular flexibility index (Phi) is 1.96. The van der Waals surface area contributed by atoms with Gasteiger partial charge in [0.05, 0.1) is 5.56 Å². The summed E-state index contributed by atoms with van der Waals surface area (Å²) in [6, 6.07) is 2.97. The van der Waals surface area contributed by atoms with Crippen molar-refractivity contribution >= 4 is 12.2 Å². The predicted molar refractivity (Wildman–Crippen MR) is 37.6 cm³/mol. The second-order valence-corrected chi connectivity index (χ2v) is 1.87. The van der Waals surface area contributed by atoms with Crippen molar-refractivity contribution < 1.29 is 9.59 Å². The molecule has 0 unspecified atom stereocenters. The molecule has 0 fully saturated rings. The van der Waals surface area contributed by atoms with E-state index in [1.165, 1.54) is 18.3 Å². The molecule has 2 N–H and O–H groups in total. The van der Waals surface area contributed by atoms with Gasteiger partial charge >= 0.3 is 0 Å². The summed E-state index contributed by atoms with van der Waals surface area (Å²) >= 11 is 0. The van der Waals surface area contributed by atoms with E-state index in [1.54, 1.807) is 6.29 Å². The highest BCUT2D eigenvalue weighted by molar-refractivity contribution is 5.98. The Hall–Kier alpha value is -1.71. The van der Waals surface area contributed by atoms with E-state index in [-0.39, 0.29) is 11.3 Å². The first-order chi connectivity index (χ1) is 5.25. The van der Waals surface area contributed by atoms with Crippen LogP contribution in [0.5, 0.6) is 0 Å². The monoisotopic (exact) mass is 149 g/mol. The molecule has 1 aromatic rings. The second-order valence-electron chi connectivity index (χ2n) is 1.87. The largest absolute Gasteiger partial charge is 0.364 e. The maximum Gasteiger partial charge on any atom is 0.268 e. The number of nitrogens with zero attached hydrogens (tertiary/aromatic N) is 1. The van der Waals surface area contributed by atoms with Crippen LogP contribution in [0.15, 0.2) is 18.3 Å². The van der Waals surface area contributed by atoms with Crippen molar-refractivity contribution in [1.29, 1.82) is 0 Å². The van der Waals surface area contributed by atoms with Gasteiger partial charge in [0.2, 0.25) is 6.29 Å². The van der Waals surface area contributed by atoms with Crippen molar-refractivity contribution in [1.82, 2.24) is 4.98 Å². The zero-order valence-electron chi connectivity index (χ0n) is 5.57. The number of carbonyl (C=O) groups excluding carboxylic acids is 2. The molecule has 0 bridgehead atoms. The van der Waals surface area contributed by atoms with Gasteiger partial charge in [-0.05, 0) is 12.1 Å². The first-order valence-corrected chi connectivity index (χ1v) is 2.88. The normalized spacial score (nSPS) is 9.09. The molecule has 1 amide bonds. The fourth-order valence-corrected chi connectivity index (χ4v) is 0.684. The Morgan fingerprint density at radius 1 is 1.64 bits per heavy atom. The molecule has 0 saturated heterocycles. The summed E-state index contributed by atoms with van der Waals surface area (Å²) in [6.45, 7) is 0. The third-order valence-electron chi connectivity index (χ3n) is 1.15. The van der Waals surface area contributed by atoms with E-state index in [9.17, 15) is 9.59 Å². The molecule has 55 valence electrons. The van der Waals surface area contributed by atoms with Crippen molar-refractivity contribution in [2.75, 3.05) is 0 Å². The lowest BCUT2D eigenvalue weighted by molar-refractivity contribution is 0.0995. The molecular formula is C7H5N2O2. The van der Waals surface area contributed by atoms with Crippen molar-refractivity contribution in [2.24, 2.45) is 5.73 Å². The standard InChI is InChI=1S/C7H5N2O2/c8-7(11)6-5(4-10)2-1-3-9-6/h1-3H,(H2,8,11). The lowest BCUT2D eigenvalue weighted by Crippen LogP contribution is -2.15. The van der Waals surface area contributed by atoms with Crippen LogP contribution in [0.25, 0.3) is 0 Å². The molecule has 0 atom stereocenters. The highest BCUT2D eigenvalue weighted by atomic mass is 16.1. The van der Waals surface area contributed by atoms with Crippen LogP contribution in [-0.4, -0.2) is 17.2 Å². The molecule has 1 rings (SSSR count). The smallest absolute Gasteiger partial charge is 0.268 e. The summed E-state index contributed by atoms with van der Waals surface area (Å²) in [6.07, 6.45) is 2.95.